The largest absolute Gasteiger partial charge is 0.370 e. The Kier molecular flexibility index (Phi) is 5.59. The molecular weight excluding hydrogens is 374 g/mol. The first-order chi connectivity index (χ1) is 12.5. The second kappa shape index (κ2) is 7.89. The third kappa shape index (κ3) is 4.23. The van der Waals surface area contributed by atoms with E-state index in [-0.39, 0.29) is 11.4 Å². The minimum Gasteiger partial charge on any atom is -0.370 e. The lowest BCUT2D eigenvalue weighted by Gasteiger charge is -2.10. The molecule has 0 amide bonds. The SMILES string of the molecule is CCNc1cc(NCCNS(=O)(=O)c2cccc3nsnc23)nc(C)n1. The van der Waals surface area contributed by atoms with Crippen molar-refractivity contribution in [1.29, 1.82) is 0 Å². The third-order valence-corrected chi connectivity index (χ3v) is 5.49. The number of nitrogens with one attached hydrogen (secondary N) is 3. The van der Waals surface area contributed by atoms with Gasteiger partial charge in [-0.2, -0.15) is 8.75 Å². The minimum atomic E-state index is -3.67. The average Bonchev–Trinajstić information content (AvgIpc) is 3.07. The molecule has 2 heterocycles. The van der Waals surface area contributed by atoms with E-state index in [4.69, 9.17) is 0 Å². The molecule has 138 valence electrons. The van der Waals surface area contributed by atoms with Crippen molar-refractivity contribution < 1.29 is 8.42 Å². The Morgan fingerprint density at radius 1 is 1.08 bits per heavy atom. The van der Waals surface area contributed by atoms with E-state index in [1.165, 1.54) is 6.07 Å². The van der Waals surface area contributed by atoms with Crippen LogP contribution >= 0.6 is 11.7 Å². The monoisotopic (exact) mass is 393 g/mol. The van der Waals surface area contributed by atoms with Crippen LogP contribution in [0.1, 0.15) is 12.7 Å². The highest BCUT2D eigenvalue weighted by Crippen LogP contribution is 2.20. The number of hydrogen-bond donors (Lipinski definition) is 3. The second-order valence-corrected chi connectivity index (χ2v) is 7.69. The summed E-state index contributed by atoms with van der Waals surface area (Å²) in [5.41, 5.74) is 0.961. The minimum absolute atomic E-state index is 0.135. The van der Waals surface area contributed by atoms with Crippen LogP contribution in [0.2, 0.25) is 0 Å². The van der Waals surface area contributed by atoms with E-state index in [2.05, 4.69) is 34.1 Å². The van der Waals surface area contributed by atoms with Gasteiger partial charge in [0.25, 0.3) is 0 Å². The smallest absolute Gasteiger partial charge is 0.242 e. The van der Waals surface area contributed by atoms with Crippen molar-refractivity contribution in [3.05, 3.63) is 30.1 Å². The van der Waals surface area contributed by atoms with Crippen molar-refractivity contribution in [2.75, 3.05) is 30.3 Å². The van der Waals surface area contributed by atoms with Crippen LogP contribution in [0.25, 0.3) is 11.0 Å². The number of aryl methyl sites for hydroxylation is 1. The molecule has 0 radical (unpaired) electrons. The van der Waals surface area contributed by atoms with E-state index < -0.39 is 10.0 Å². The van der Waals surface area contributed by atoms with Crippen LogP contribution in [0, 0.1) is 6.92 Å². The van der Waals surface area contributed by atoms with Crippen molar-refractivity contribution in [3.8, 4) is 0 Å². The number of fused-ring (bicyclic) bond motifs is 1. The van der Waals surface area contributed by atoms with Gasteiger partial charge in [-0.15, -0.1) is 0 Å². The van der Waals surface area contributed by atoms with Crippen LogP contribution in [0.5, 0.6) is 0 Å². The van der Waals surface area contributed by atoms with Gasteiger partial charge in [-0.3, -0.25) is 0 Å². The van der Waals surface area contributed by atoms with Crippen LogP contribution in [0.3, 0.4) is 0 Å². The van der Waals surface area contributed by atoms with Crippen molar-refractivity contribution >= 4 is 44.4 Å². The van der Waals surface area contributed by atoms with Crippen LogP contribution in [-0.2, 0) is 10.0 Å². The zero-order valence-corrected chi connectivity index (χ0v) is 16.0. The molecule has 0 spiro atoms. The number of aromatic nitrogens is 4. The van der Waals surface area contributed by atoms with Crippen LogP contribution in [0.15, 0.2) is 29.2 Å². The average molecular weight is 393 g/mol. The molecule has 0 saturated carbocycles. The summed E-state index contributed by atoms with van der Waals surface area (Å²) in [6, 6.07) is 6.70. The van der Waals surface area contributed by atoms with Crippen LogP contribution in [-0.4, -0.2) is 46.8 Å². The Morgan fingerprint density at radius 2 is 1.85 bits per heavy atom. The van der Waals surface area contributed by atoms with E-state index in [1.54, 1.807) is 25.1 Å². The highest BCUT2D eigenvalue weighted by Gasteiger charge is 2.18. The molecule has 0 fully saturated rings. The van der Waals surface area contributed by atoms with Crippen molar-refractivity contribution in [3.63, 3.8) is 0 Å². The Labute approximate surface area is 155 Å². The maximum Gasteiger partial charge on any atom is 0.242 e. The number of nitrogens with zero attached hydrogens (tertiary/aromatic N) is 4. The summed E-state index contributed by atoms with van der Waals surface area (Å²) in [5.74, 6) is 2.00. The second-order valence-electron chi connectivity index (χ2n) is 5.43. The lowest BCUT2D eigenvalue weighted by Crippen LogP contribution is -2.29. The summed E-state index contributed by atoms with van der Waals surface area (Å²) in [6.45, 7) is 5.13. The Hall–Kier alpha value is -2.37. The molecule has 11 heteroatoms. The first-order valence-electron chi connectivity index (χ1n) is 8.04. The predicted octanol–water partition coefficient (Wildman–Crippen LogP) is 1.61. The summed E-state index contributed by atoms with van der Waals surface area (Å²) in [7, 11) is -3.67. The van der Waals surface area contributed by atoms with Crippen molar-refractivity contribution in [2.45, 2.75) is 18.7 Å². The molecule has 3 aromatic rings. The van der Waals surface area contributed by atoms with E-state index in [9.17, 15) is 8.42 Å². The van der Waals surface area contributed by atoms with Gasteiger partial charge in [-0.25, -0.2) is 23.1 Å². The molecule has 9 nitrogen and oxygen atoms in total. The first kappa shape index (κ1) is 18.4. The van der Waals surface area contributed by atoms with Crippen LogP contribution in [0.4, 0.5) is 11.6 Å². The number of anilines is 2. The number of rotatable bonds is 8. The summed E-state index contributed by atoms with van der Waals surface area (Å²) in [4.78, 5) is 8.69. The highest BCUT2D eigenvalue weighted by atomic mass is 32.2. The van der Waals surface area contributed by atoms with E-state index in [0.29, 0.717) is 29.2 Å². The standard InChI is InChI=1S/C15H19N7O2S2/c1-3-16-13-9-14(20-10(2)19-13)17-7-8-18-26(23,24)12-6-4-5-11-15(12)22-25-21-11/h4-6,9,18H,3,7-8H2,1-2H3,(H2,16,17,19,20). The summed E-state index contributed by atoms with van der Waals surface area (Å²) < 4.78 is 35.7. The molecule has 0 saturated heterocycles. The quantitative estimate of drug-likeness (QED) is 0.494. The Balaban J connectivity index is 1.62. The Morgan fingerprint density at radius 3 is 2.62 bits per heavy atom. The fraction of sp³-hybridized carbons (Fsp3) is 0.333. The topological polar surface area (TPSA) is 122 Å². The van der Waals surface area contributed by atoms with E-state index in [0.717, 1.165) is 24.1 Å². The zero-order chi connectivity index (χ0) is 18.6. The molecule has 0 aliphatic carbocycles. The van der Waals surface area contributed by atoms with E-state index >= 15 is 0 Å². The lowest BCUT2D eigenvalue weighted by molar-refractivity contribution is 0.583. The summed E-state index contributed by atoms with van der Waals surface area (Å²) in [6.07, 6.45) is 0. The molecular formula is C15H19N7O2S2. The number of benzene rings is 1. The normalized spacial score (nSPS) is 11.6. The van der Waals surface area contributed by atoms with Gasteiger partial charge in [-0.05, 0) is 26.0 Å². The summed E-state index contributed by atoms with van der Waals surface area (Å²) >= 11 is 0.991. The molecule has 0 unspecified atom stereocenters. The molecule has 0 bridgehead atoms. The molecule has 3 N–H and O–H groups in total. The van der Waals surface area contributed by atoms with Gasteiger partial charge in [-0.1, -0.05) is 6.07 Å². The molecule has 1 aromatic carbocycles. The molecule has 2 aromatic heterocycles. The lowest BCUT2D eigenvalue weighted by atomic mass is 10.3. The fourth-order valence-electron chi connectivity index (χ4n) is 2.38. The number of sulfonamides is 1. The Bertz CT molecular complexity index is 1000. The van der Waals surface area contributed by atoms with Crippen LogP contribution < -0.4 is 15.4 Å². The van der Waals surface area contributed by atoms with Gasteiger partial charge in [0.1, 0.15) is 33.4 Å². The molecule has 26 heavy (non-hydrogen) atoms. The van der Waals surface area contributed by atoms with Gasteiger partial charge in [0.15, 0.2) is 0 Å². The van der Waals surface area contributed by atoms with Gasteiger partial charge < -0.3 is 10.6 Å². The zero-order valence-electron chi connectivity index (χ0n) is 14.4. The predicted molar refractivity (Wildman–Crippen MR) is 102 cm³/mol. The van der Waals surface area contributed by atoms with E-state index in [1.807, 2.05) is 6.92 Å². The maximum absolute atomic E-state index is 12.5. The van der Waals surface area contributed by atoms with Gasteiger partial charge in [0, 0.05) is 25.7 Å². The van der Waals surface area contributed by atoms with Gasteiger partial charge in [0.2, 0.25) is 10.0 Å². The molecule has 0 aliphatic rings. The van der Waals surface area contributed by atoms with Crippen molar-refractivity contribution in [1.82, 2.24) is 23.4 Å². The summed E-state index contributed by atoms with van der Waals surface area (Å²) in [5, 5.41) is 6.22. The molecule has 0 aliphatic heterocycles. The molecule has 0 atom stereocenters. The van der Waals surface area contributed by atoms with Gasteiger partial charge in [0.05, 0.1) is 11.7 Å². The highest BCUT2D eigenvalue weighted by molar-refractivity contribution is 7.89. The molecule has 3 rings (SSSR count). The maximum atomic E-state index is 12.5. The van der Waals surface area contributed by atoms with Gasteiger partial charge >= 0.3 is 0 Å². The fourth-order valence-corrected chi connectivity index (χ4v) is 4.18. The van der Waals surface area contributed by atoms with Crippen molar-refractivity contribution in [2.24, 2.45) is 0 Å². The first-order valence-corrected chi connectivity index (χ1v) is 10.3. The number of hydrogen-bond acceptors (Lipinski definition) is 9. The third-order valence-electron chi connectivity index (χ3n) is 3.46.